The lowest BCUT2D eigenvalue weighted by Gasteiger charge is -2.35. The summed E-state index contributed by atoms with van der Waals surface area (Å²) in [5, 5.41) is 3.29. The highest BCUT2D eigenvalue weighted by atomic mass is 35.5. The first kappa shape index (κ1) is 16.6. The van der Waals surface area contributed by atoms with Crippen LogP contribution in [0.4, 0.5) is 0 Å². The number of nitrogens with zero attached hydrogens (tertiary/aromatic N) is 1. The number of rotatable bonds is 2. The number of carbonyl (C=O) groups excluding carboxylic acids is 1. The first-order valence-corrected chi connectivity index (χ1v) is 7.22. The van der Waals surface area contributed by atoms with E-state index in [1.807, 2.05) is 29.2 Å². The molecule has 5 nitrogen and oxygen atoms in total. The highest BCUT2D eigenvalue weighted by Gasteiger charge is 2.27. The second kappa shape index (κ2) is 7.03. The molecule has 2 aliphatic heterocycles. The van der Waals surface area contributed by atoms with Crippen molar-refractivity contribution in [1.82, 2.24) is 10.2 Å². The minimum atomic E-state index is 0. The number of benzene rings is 1. The van der Waals surface area contributed by atoms with Gasteiger partial charge in [-0.2, -0.15) is 0 Å². The molecule has 1 amide bonds. The van der Waals surface area contributed by atoms with Gasteiger partial charge in [-0.3, -0.25) is 4.79 Å². The van der Waals surface area contributed by atoms with Gasteiger partial charge in [-0.05, 0) is 31.2 Å². The van der Waals surface area contributed by atoms with Crippen molar-refractivity contribution in [3.8, 4) is 11.5 Å². The Morgan fingerprint density at radius 1 is 1.45 bits per heavy atom. The zero-order chi connectivity index (χ0) is 14.8. The highest BCUT2D eigenvalue weighted by molar-refractivity contribution is 5.99. The predicted octanol–water partition coefficient (Wildman–Crippen LogP) is 1.71. The van der Waals surface area contributed by atoms with E-state index >= 15 is 0 Å². The molecule has 0 radical (unpaired) electrons. The number of amides is 1. The van der Waals surface area contributed by atoms with E-state index in [1.165, 1.54) is 0 Å². The average Bonchev–Trinajstić information content (AvgIpc) is 2.53. The molecule has 0 aromatic heterocycles. The van der Waals surface area contributed by atoms with Gasteiger partial charge in [-0.15, -0.1) is 12.4 Å². The van der Waals surface area contributed by atoms with Crippen LogP contribution >= 0.6 is 12.4 Å². The third-order valence-electron chi connectivity index (χ3n) is 3.97. The van der Waals surface area contributed by atoms with Gasteiger partial charge in [0, 0.05) is 31.2 Å². The smallest absolute Gasteiger partial charge is 0.253 e. The summed E-state index contributed by atoms with van der Waals surface area (Å²) in [4.78, 5) is 14.6. The first-order chi connectivity index (χ1) is 10.2. The molecule has 0 aliphatic carbocycles. The SMILES string of the molecule is COc1ccc2c(c1)C=C(C(=O)N1CCNCC1C)CO2.Cl. The quantitative estimate of drug-likeness (QED) is 0.900. The molecule has 120 valence electrons. The lowest BCUT2D eigenvalue weighted by molar-refractivity contribution is -0.130. The van der Waals surface area contributed by atoms with Crippen LogP contribution in [-0.2, 0) is 4.79 Å². The van der Waals surface area contributed by atoms with Crippen molar-refractivity contribution in [2.45, 2.75) is 13.0 Å². The predicted molar refractivity (Wildman–Crippen MR) is 87.8 cm³/mol. The van der Waals surface area contributed by atoms with Gasteiger partial charge in [-0.25, -0.2) is 0 Å². The third-order valence-corrected chi connectivity index (χ3v) is 3.97. The van der Waals surface area contributed by atoms with E-state index in [4.69, 9.17) is 9.47 Å². The van der Waals surface area contributed by atoms with E-state index in [9.17, 15) is 4.79 Å². The molecule has 0 spiro atoms. The van der Waals surface area contributed by atoms with Crippen molar-refractivity contribution in [3.05, 3.63) is 29.3 Å². The molecule has 2 heterocycles. The lowest BCUT2D eigenvalue weighted by Crippen LogP contribution is -2.53. The summed E-state index contributed by atoms with van der Waals surface area (Å²) in [7, 11) is 1.63. The molecule has 2 aliphatic rings. The molecule has 22 heavy (non-hydrogen) atoms. The standard InChI is InChI=1S/C16H20N2O3.ClH/c1-11-9-17-5-6-18(11)16(19)13-7-12-8-14(20-2)3-4-15(12)21-10-13;/h3-4,7-8,11,17H,5-6,9-10H2,1-2H3;1H. The van der Waals surface area contributed by atoms with Gasteiger partial charge < -0.3 is 19.7 Å². The Morgan fingerprint density at radius 2 is 2.27 bits per heavy atom. The number of hydrogen-bond donors (Lipinski definition) is 1. The largest absolute Gasteiger partial charge is 0.497 e. The Labute approximate surface area is 136 Å². The summed E-state index contributed by atoms with van der Waals surface area (Å²) >= 11 is 0. The lowest BCUT2D eigenvalue weighted by atomic mass is 10.0. The van der Waals surface area contributed by atoms with Gasteiger partial charge in [0.1, 0.15) is 18.1 Å². The van der Waals surface area contributed by atoms with Gasteiger partial charge in [0.05, 0.1) is 12.7 Å². The Bertz CT molecular complexity index is 589. The highest BCUT2D eigenvalue weighted by Crippen LogP contribution is 2.30. The molecule has 1 unspecified atom stereocenters. The molecule has 1 saturated heterocycles. The van der Waals surface area contributed by atoms with E-state index in [2.05, 4.69) is 12.2 Å². The number of methoxy groups -OCH3 is 1. The van der Waals surface area contributed by atoms with Gasteiger partial charge >= 0.3 is 0 Å². The number of nitrogens with one attached hydrogen (secondary N) is 1. The summed E-state index contributed by atoms with van der Waals surface area (Å²) in [6.45, 7) is 4.81. The van der Waals surface area contributed by atoms with Crippen molar-refractivity contribution in [1.29, 1.82) is 0 Å². The van der Waals surface area contributed by atoms with E-state index in [-0.39, 0.29) is 24.4 Å². The van der Waals surface area contributed by atoms with Crippen LogP contribution in [0.2, 0.25) is 0 Å². The Morgan fingerprint density at radius 3 is 3.00 bits per heavy atom. The van der Waals surface area contributed by atoms with Crippen molar-refractivity contribution in [3.63, 3.8) is 0 Å². The summed E-state index contributed by atoms with van der Waals surface area (Å²) < 4.78 is 10.9. The topological polar surface area (TPSA) is 50.8 Å². The molecular formula is C16H21ClN2O3. The fraction of sp³-hybridized carbons (Fsp3) is 0.438. The van der Waals surface area contributed by atoms with Crippen molar-refractivity contribution in [2.75, 3.05) is 33.4 Å². The Hall–Kier alpha value is -1.72. The molecule has 1 aromatic carbocycles. The van der Waals surface area contributed by atoms with E-state index in [0.717, 1.165) is 36.7 Å². The van der Waals surface area contributed by atoms with Crippen LogP contribution < -0.4 is 14.8 Å². The second-order valence-electron chi connectivity index (χ2n) is 5.41. The van der Waals surface area contributed by atoms with Crippen LogP contribution in [0.3, 0.4) is 0 Å². The maximum atomic E-state index is 12.6. The van der Waals surface area contributed by atoms with Crippen LogP contribution in [0, 0.1) is 0 Å². The molecule has 0 saturated carbocycles. The number of halogens is 1. The summed E-state index contributed by atoms with van der Waals surface area (Å²) in [5.74, 6) is 1.62. The normalized spacial score (nSPS) is 20.2. The van der Waals surface area contributed by atoms with Gasteiger partial charge in [0.2, 0.25) is 0 Å². The van der Waals surface area contributed by atoms with E-state index in [1.54, 1.807) is 7.11 Å². The van der Waals surface area contributed by atoms with Gasteiger partial charge in [-0.1, -0.05) is 0 Å². The van der Waals surface area contributed by atoms with E-state index < -0.39 is 0 Å². The minimum absolute atomic E-state index is 0. The second-order valence-corrected chi connectivity index (χ2v) is 5.41. The summed E-state index contributed by atoms with van der Waals surface area (Å²) in [6, 6.07) is 5.83. The maximum Gasteiger partial charge on any atom is 0.253 e. The number of carbonyl (C=O) groups is 1. The van der Waals surface area contributed by atoms with Crippen molar-refractivity contribution < 1.29 is 14.3 Å². The Balaban J connectivity index is 0.00000176. The van der Waals surface area contributed by atoms with Gasteiger partial charge in [0.25, 0.3) is 5.91 Å². The molecule has 1 atom stereocenters. The third kappa shape index (κ3) is 3.20. The first-order valence-electron chi connectivity index (χ1n) is 7.22. The van der Waals surface area contributed by atoms with Crippen LogP contribution in [-0.4, -0.2) is 50.2 Å². The molecule has 3 rings (SSSR count). The van der Waals surface area contributed by atoms with Crippen molar-refractivity contribution in [2.24, 2.45) is 0 Å². The Kier molecular flexibility index (Phi) is 5.32. The number of ether oxygens (including phenoxy) is 2. The monoisotopic (exact) mass is 324 g/mol. The van der Waals surface area contributed by atoms with E-state index in [0.29, 0.717) is 12.2 Å². The van der Waals surface area contributed by atoms with Crippen LogP contribution in [0.25, 0.3) is 6.08 Å². The number of hydrogen-bond acceptors (Lipinski definition) is 4. The molecular weight excluding hydrogens is 304 g/mol. The fourth-order valence-corrected chi connectivity index (χ4v) is 2.73. The van der Waals surface area contributed by atoms with Crippen LogP contribution in [0.15, 0.2) is 23.8 Å². The molecule has 1 fully saturated rings. The van der Waals surface area contributed by atoms with Gasteiger partial charge in [0.15, 0.2) is 0 Å². The molecule has 0 bridgehead atoms. The zero-order valence-corrected chi connectivity index (χ0v) is 13.6. The average molecular weight is 325 g/mol. The van der Waals surface area contributed by atoms with Crippen molar-refractivity contribution >= 4 is 24.4 Å². The minimum Gasteiger partial charge on any atom is -0.497 e. The maximum absolute atomic E-state index is 12.6. The number of fused-ring (bicyclic) bond motifs is 1. The summed E-state index contributed by atoms with van der Waals surface area (Å²) in [5.41, 5.74) is 1.59. The molecule has 1 N–H and O–H groups in total. The molecule has 6 heteroatoms. The van der Waals surface area contributed by atoms with Crippen LogP contribution in [0.5, 0.6) is 11.5 Å². The zero-order valence-electron chi connectivity index (χ0n) is 12.8. The fourth-order valence-electron chi connectivity index (χ4n) is 2.73. The summed E-state index contributed by atoms with van der Waals surface area (Å²) in [6.07, 6.45) is 1.92. The molecule has 1 aromatic rings. The van der Waals surface area contributed by atoms with Crippen LogP contribution in [0.1, 0.15) is 12.5 Å². The number of piperazine rings is 1.